The summed E-state index contributed by atoms with van der Waals surface area (Å²) >= 11 is 0. The molecule has 0 spiro atoms. The lowest BCUT2D eigenvalue weighted by atomic mass is 9.83. The zero-order valence-electron chi connectivity index (χ0n) is 31.1. The molecule has 1 aromatic heterocycles. The molecule has 1 saturated carbocycles. The fourth-order valence-corrected chi connectivity index (χ4v) is 8.02. The Morgan fingerprint density at radius 3 is 2.31 bits per heavy atom. The molecule has 1 aliphatic heterocycles. The summed E-state index contributed by atoms with van der Waals surface area (Å²) in [6.07, 6.45) is 5.13. The molecule has 1 unspecified atom stereocenters. The summed E-state index contributed by atoms with van der Waals surface area (Å²) in [4.78, 5) is 76.6. The van der Waals surface area contributed by atoms with Gasteiger partial charge in [0, 0.05) is 54.7 Å². The van der Waals surface area contributed by atoms with Gasteiger partial charge in [-0.25, -0.2) is 4.79 Å². The van der Waals surface area contributed by atoms with Gasteiger partial charge in [0.2, 0.25) is 23.6 Å². The van der Waals surface area contributed by atoms with Crippen molar-refractivity contribution in [2.45, 2.75) is 95.4 Å². The maximum atomic E-state index is 14.7. The fraction of sp³-hybridized carbons (Fsp3) is 0.415. The smallest absolute Gasteiger partial charge is 0.326 e. The number of hydrogen-bond acceptors (Lipinski definition) is 6. The van der Waals surface area contributed by atoms with Gasteiger partial charge >= 0.3 is 5.97 Å². The first-order valence-corrected chi connectivity index (χ1v) is 19.0. The number of aliphatic imine (C=N–C) groups is 1. The molecule has 1 fully saturated rings. The Morgan fingerprint density at radius 2 is 1.58 bits per heavy atom. The Hall–Kier alpha value is -5.92. The number of guanidine groups is 1. The van der Waals surface area contributed by atoms with Gasteiger partial charge in [-0.05, 0) is 66.5 Å². The number of carbonyl (C=O) groups excluding carboxylic acids is 4. The van der Waals surface area contributed by atoms with E-state index in [4.69, 9.17) is 11.5 Å². The molecule has 3 aromatic carbocycles. The molecule has 1 aliphatic carbocycles. The van der Waals surface area contributed by atoms with Crippen LogP contribution in [-0.4, -0.2) is 81.3 Å². The van der Waals surface area contributed by atoms with Crippen molar-refractivity contribution < 1.29 is 29.1 Å². The number of aromatic nitrogens is 1. The highest BCUT2D eigenvalue weighted by molar-refractivity contribution is 6.07. The molecule has 4 aromatic rings. The van der Waals surface area contributed by atoms with E-state index in [2.05, 4.69) is 25.9 Å². The van der Waals surface area contributed by atoms with E-state index in [0.717, 1.165) is 70.6 Å². The van der Waals surface area contributed by atoms with Crippen molar-refractivity contribution in [3.05, 3.63) is 83.4 Å². The van der Waals surface area contributed by atoms with Crippen molar-refractivity contribution in [2.75, 3.05) is 6.54 Å². The minimum atomic E-state index is -1.28. The molecule has 6 rings (SSSR count). The van der Waals surface area contributed by atoms with Crippen LogP contribution >= 0.6 is 0 Å². The second kappa shape index (κ2) is 17.5. The van der Waals surface area contributed by atoms with Crippen LogP contribution in [0.2, 0.25) is 0 Å². The lowest BCUT2D eigenvalue weighted by Crippen LogP contribution is -2.61. The highest BCUT2D eigenvalue weighted by atomic mass is 16.4. The van der Waals surface area contributed by atoms with Crippen molar-refractivity contribution >= 4 is 57.4 Å². The van der Waals surface area contributed by atoms with Crippen molar-refractivity contribution in [3.63, 3.8) is 0 Å². The van der Waals surface area contributed by atoms with Gasteiger partial charge in [-0.15, -0.1) is 0 Å². The second-order valence-electron chi connectivity index (χ2n) is 14.7. The number of rotatable bonds is 14. The number of nitrogens with two attached hydrogens (primary N) is 2. The summed E-state index contributed by atoms with van der Waals surface area (Å²) in [7, 11) is 0. The molecule has 2 heterocycles. The second-order valence-corrected chi connectivity index (χ2v) is 14.7. The van der Waals surface area contributed by atoms with Gasteiger partial charge in [-0.1, -0.05) is 67.8 Å². The number of para-hydroxylation sites is 1. The van der Waals surface area contributed by atoms with Crippen molar-refractivity contribution in [1.29, 1.82) is 0 Å². The number of carbonyl (C=O) groups is 5. The van der Waals surface area contributed by atoms with E-state index < -0.39 is 47.9 Å². The van der Waals surface area contributed by atoms with Crippen LogP contribution in [0.3, 0.4) is 0 Å². The van der Waals surface area contributed by atoms with Crippen LogP contribution in [0.5, 0.6) is 0 Å². The highest BCUT2D eigenvalue weighted by Crippen LogP contribution is 2.29. The highest BCUT2D eigenvalue weighted by Gasteiger charge is 2.40. The third-order valence-corrected chi connectivity index (χ3v) is 10.8. The number of amides is 4. The number of fused-ring (bicyclic) bond motifs is 4. The Labute approximate surface area is 319 Å². The molecular formula is C41H50N8O6. The number of H-pyrrole nitrogens is 1. The maximum Gasteiger partial charge on any atom is 0.326 e. The minimum Gasteiger partial charge on any atom is -0.480 e. The topological polar surface area (TPSA) is 225 Å². The zero-order valence-corrected chi connectivity index (χ0v) is 31.1. The summed E-state index contributed by atoms with van der Waals surface area (Å²) < 4.78 is 0. The molecule has 2 aliphatic rings. The molecular weight excluding hydrogens is 701 g/mol. The summed E-state index contributed by atoms with van der Waals surface area (Å²) in [5.74, 6) is -3.34. The third kappa shape index (κ3) is 9.42. The number of carboxylic acid groups (broad SMARTS) is 1. The van der Waals surface area contributed by atoms with E-state index in [1.807, 2.05) is 66.7 Å². The quantitative estimate of drug-likeness (QED) is 0.0575. The molecule has 9 N–H and O–H groups in total. The number of nitrogens with zero attached hydrogens (tertiary/aromatic N) is 2. The van der Waals surface area contributed by atoms with Crippen LogP contribution in [-0.2, 0) is 43.4 Å². The van der Waals surface area contributed by atoms with Gasteiger partial charge in [0.25, 0.3) is 0 Å². The number of nitrogens with one attached hydrogen (secondary N) is 4. The first-order valence-electron chi connectivity index (χ1n) is 19.0. The molecule has 0 radical (unpaired) electrons. The predicted octanol–water partition coefficient (Wildman–Crippen LogP) is 3.01. The largest absolute Gasteiger partial charge is 0.480 e. The van der Waals surface area contributed by atoms with Crippen LogP contribution in [0, 0.1) is 5.92 Å². The number of aliphatic carboxylic acids is 1. The zero-order chi connectivity index (χ0) is 39.1. The Bertz CT molecular complexity index is 2090. The van der Waals surface area contributed by atoms with Crippen molar-refractivity contribution in [2.24, 2.45) is 22.4 Å². The molecule has 14 nitrogen and oxygen atoms in total. The monoisotopic (exact) mass is 750 g/mol. The molecule has 0 bridgehead atoms. The van der Waals surface area contributed by atoms with Crippen molar-refractivity contribution in [3.8, 4) is 0 Å². The van der Waals surface area contributed by atoms with Gasteiger partial charge < -0.3 is 42.4 Å². The van der Waals surface area contributed by atoms with Crippen LogP contribution < -0.4 is 27.4 Å². The van der Waals surface area contributed by atoms with Gasteiger partial charge in [0.15, 0.2) is 5.96 Å². The number of benzene rings is 3. The van der Waals surface area contributed by atoms with E-state index in [1.165, 1.54) is 11.8 Å². The Kier molecular flexibility index (Phi) is 12.3. The SMILES string of the molecule is CC(=O)NC(C(=O)N[C@@H](CCCN=C(N)N)C(=O)N1Cc2ccccc2C[C@H]1C(=O)N[C@@H](Cc1ccc2[nH]c3ccccc3c2c1)C(=O)O)C1CCCCC1. The van der Waals surface area contributed by atoms with E-state index in [1.54, 1.807) is 0 Å². The van der Waals surface area contributed by atoms with Gasteiger partial charge in [0.1, 0.15) is 24.2 Å². The van der Waals surface area contributed by atoms with Gasteiger partial charge in [-0.3, -0.25) is 24.2 Å². The minimum absolute atomic E-state index is 0.0168. The predicted molar refractivity (Wildman–Crippen MR) is 210 cm³/mol. The van der Waals surface area contributed by atoms with Crippen LogP contribution in [0.1, 0.15) is 68.6 Å². The normalized spacial score (nSPS) is 17.4. The molecule has 4 atom stereocenters. The van der Waals surface area contributed by atoms with Gasteiger partial charge in [0.05, 0.1) is 0 Å². The molecule has 290 valence electrons. The van der Waals surface area contributed by atoms with E-state index in [9.17, 15) is 29.1 Å². The van der Waals surface area contributed by atoms with Crippen LogP contribution in [0.25, 0.3) is 21.8 Å². The first-order chi connectivity index (χ1) is 26.5. The standard InChI is InChI=1S/C41H50N8O6/c1-24(50)45-36(26-10-3-2-4-11-26)38(52)47-33(16-9-19-44-41(42)43)39(53)49-23-28-13-6-5-12-27(28)22-35(49)37(51)48-34(40(54)55)21-25-17-18-32-30(20-25)29-14-7-8-15-31(29)46-32/h5-8,12-15,17-18,20,26,33-36,46H,2-4,9-11,16,19,21-23H2,1H3,(H,45,50)(H,47,52)(H,48,51)(H,54,55)(H4,42,43,44)/t33-,34-,35-,36?/m0/s1. The Morgan fingerprint density at radius 1 is 0.873 bits per heavy atom. The van der Waals surface area contributed by atoms with E-state index >= 15 is 0 Å². The average Bonchev–Trinajstić information content (AvgIpc) is 3.55. The summed E-state index contributed by atoms with van der Waals surface area (Å²) in [6.45, 7) is 1.64. The number of carboxylic acids is 1. The van der Waals surface area contributed by atoms with Crippen LogP contribution in [0.15, 0.2) is 71.7 Å². The van der Waals surface area contributed by atoms with E-state index in [-0.39, 0.29) is 50.1 Å². The fourth-order valence-electron chi connectivity index (χ4n) is 8.02. The molecule has 55 heavy (non-hydrogen) atoms. The van der Waals surface area contributed by atoms with Crippen molar-refractivity contribution in [1.82, 2.24) is 25.8 Å². The lowest BCUT2D eigenvalue weighted by molar-refractivity contribution is -0.147. The first kappa shape index (κ1) is 38.8. The van der Waals surface area contributed by atoms with Gasteiger partial charge in [-0.2, -0.15) is 0 Å². The number of hydrogen-bond donors (Lipinski definition) is 7. The molecule has 0 saturated heterocycles. The molecule has 4 amide bonds. The summed E-state index contributed by atoms with van der Waals surface area (Å²) in [5, 5.41) is 20.7. The molecule has 14 heteroatoms. The summed E-state index contributed by atoms with van der Waals surface area (Å²) in [5.41, 5.74) is 15.4. The number of aromatic amines is 1. The lowest BCUT2D eigenvalue weighted by Gasteiger charge is -2.39. The Balaban J connectivity index is 1.26. The third-order valence-electron chi connectivity index (χ3n) is 10.8. The average molecular weight is 751 g/mol. The summed E-state index contributed by atoms with van der Waals surface area (Å²) in [6, 6.07) is 16.7. The van der Waals surface area contributed by atoms with Crippen LogP contribution in [0.4, 0.5) is 0 Å². The van der Waals surface area contributed by atoms with E-state index in [0.29, 0.717) is 6.42 Å². The maximum absolute atomic E-state index is 14.7.